The first kappa shape index (κ1) is 27.6. The van der Waals surface area contributed by atoms with E-state index in [1.807, 2.05) is 32.9 Å². The van der Waals surface area contributed by atoms with Gasteiger partial charge in [-0.1, -0.05) is 69.3 Å². The number of carbonyl (C=O) groups excluding carboxylic acids is 2. The molecule has 0 spiro atoms. The Morgan fingerprint density at radius 1 is 0.846 bits per heavy atom. The summed E-state index contributed by atoms with van der Waals surface area (Å²) in [6, 6.07) is 16.3. The number of aromatic amines is 2. The first-order valence-electron chi connectivity index (χ1n) is 12.9. The quantitative estimate of drug-likeness (QED) is 0.209. The molecule has 0 aliphatic carbocycles. The molecule has 0 fully saturated rings. The Hall–Kier alpha value is -4.40. The maximum atomic E-state index is 11.9. The number of hydrogen-bond acceptors (Lipinski definition) is 5. The summed E-state index contributed by atoms with van der Waals surface area (Å²) in [6.07, 6.45) is 3.79. The van der Waals surface area contributed by atoms with Gasteiger partial charge in [0, 0.05) is 0 Å². The minimum atomic E-state index is -0.547. The molecule has 9 heteroatoms. The van der Waals surface area contributed by atoms with Crippen LogP contribution in [0, 0.1) is 5.41 Å². The fourth-order valence-corrected chi connectivity index (χ4v) is 4.19. The van der Waals surface area contributed by atoms with Gasteiger partial charge in [-0.3, -0.25) is 4.79 Å². The molecule has 204 valence electrons. The number of hydrogen-bond donors (Lipinski definition) is 4. The minimum Gasteiger partial charge on any atom is -0.444 e. The van der Waals surface area contributed by atoms with Crippen molar-refractivity contribution < 1.29 is 14.3 Å². The second-order valence-electron chi connectivity index (χ2n) is 11.5. The van der Waals surface area contributed by atoms with Crippen LogP contribution in [-0.2, 0) is 16.1 Å². The maximum absolute atomic E-state index is 11.9. The second-order valence-corrected chi connectivity index (χ2v) is 11.5. The summed E-state index contributed by atoms with van der Waals surface area (Å²) in [5.41, 5.74) is 5.22. The molecule has 1 unspecified atom stereocenters. The van der Waals surface area contributed by atoms with E-state index in [9.17, 15) is 9.59 Å². The fraction of sp³-hybridized carbons (Fsp3) is 0.333. The molecule has 0 aliphatic heterocycles. The standard InChI is InChI=1S/C30H36N6O3/c1-29(2,3)26(34-18-37)27-32-16-24(36-27)22-13-9-20(10-14-22)19-7-11-21(12-8-19)23-15-31-25(35-23)17-33-28(38)39-30(4,5)6/h7-16,18,26H,17H2,1-6H3,(H,31,35)(H,32,36)(H,33,38)(H,34,37). The monoisotopic (exact) mass is 528 g/mol. The lowest BCUT2D eigenvalue weighted by Crippen LogP contribution is -2.32. The normalized spacial score (nSPS) is 12.6. The SMILES string of the molecule is CC(C)(C)OC(=O)NCc1ncc(-c2ccc(-c3ccc(-c4cnc(C(NC=O)C(C)(C)C)[nH]4)cc3)cc2)[nH]1. The van der Waals surface area contributed by atoms with Crippen LogP contribution in [0.5, 0.6) is 0 Å². The lowest BCUT2D eigenvalue weighted by Gasteiger charge is -2.28. The van der Waals surface area contributed by atoms with Crippen molar-refractivity contribution in [2.45, 2.75) is 59.7 Å². The van der Waals surface area contributed by atoms with E-state index in [0.717, 1.165) is 39.5 Å². The Kier molecular flexibility index (Phi) is 7.90. The van der Waals surface area contributed by atoms with E-state index in [2.05, 4.69) is 87.7 Å². The van der Waals surface area contributed by atoms with E-state index in [4.69, 9.17) is 4.74 Å². The number of aromatic nitrogens is 4. The molecule has 39 heavy (non-hydrogen) atoms. The number of amides is 2. The summed E-state index contributed by atoms with van der Waals surface area (Å²) in [5, 5.41) is 5.58. The summed E-state index contributed by atoms with van der Waals surface area (Å²) in [4.78, 5) is 38.5. The van der Waals surface area contributed by atoms with Gasteiger partial charge in [-0.05, 0) is 48.4 Å². The molecule has 0 radical (unpaired) electrons. The zero-order valence-corrected chi connectivity index (χ0v) is 23.3. The number of alkyl carbamates (subject to hydrolysis) is 1. The highest BCUT2D eigenvalue weighted by molar-refractivity contribution is 5.71. The van der Waals surface area contributed by atoms with Crippen molar-refractivity contribution in [2.75, 3.05) is 0 Å². The number of H-pyrrole nitrogens is 2. The van der Waals surface area contributed by atoms with Gasteiger partial charge in [0.05, 0.1) is 36.4 Å². The first-order valence-corrected chi connectivity index (χ1v) is 12.9. The third kappa shape index (κ3) is 7.13. The van der Waals surface area contributed by atoms with Crippen LogP contribution in [0.3, 0.4) is 0 Å². The topological polar surface area (TPSA) is 125 Å². The summed E-state index contributed by atoms with van der Waals surface area (Å²) >= 11 is 0. The number of benzene rings is 2. The van der Waals surface area contributed by atoms with E-state index >= 15 is 0 Å². The molecule has 2 aromatic carbocycles. The molecule has 4 N–H and O–H groups in total. The molecular weight excluding hydrogens is 492 g/mol. The largest absolute Gasteiger partial charge is 0.444 e. The van der Waals surface area contributed by atoms with E-state index in [1.54, 1.807) is 12.4 Å². The van der Waals surface area contributed by atoms with E-state index < -0.39 is 11.7 Å². The van der Waals surface area contributed by atoms with Gasteiger partial charge in [-0.15, -0.1) is 0 Å². The Morgan fingerprint density at radius 3 is 1.87 bits per heavy atom. The predicted molar refractivity (Wildman–Crippen MR) is 152 cm³/mol. The Balaban J connectivity index is 1.41. The summed E-state index contributed by atoms with van der Waals surface area (Å²) < 4.78 is 5.26. The van der Waals surface area contributed by atoms with Crippen LogP contribution < -0.4 is 10.6 Å². The lowest BCUT2D eigenvalue weighted by atomic mass is 9.86. The number of rotatable bonds is 8. The van der Waals surface area contributed by atoms with Crippen LogP contribution in [0.1, 0.15) is 59.2 Å². The molecule has 0 bridgehead atoms. The lowest BCUT2D eigenvalue weighted by molar-refractivity contribution is -0.111. The van der Waals surface area contributed by atoms with Crippen LogP contribution in [-0.4, -0.2) is 38.0 Å². The Labute approximate surface area is 228 Å². The summed E-state index contributed by atoms with van der Waals surface area (Å²) in [6.45, 7) is 11.9. The zero-order chi connectivity index (χ0) is 28.2. The average molecular weight is 529 g/mol. The van der Waals surface area contributed by atoms with Gasteiger partial charge in [0.25, 0.3) is 0 Å². The highest BCUT2D eigenvalue weighted by Gasteiger charge is 2.28. The van der Waals surface area contributed by atoms with E-state index in [1.165, 1.54) is 0 Å². The highest BCUT2D eigenvalue weighted by Crippen LogP contribution is 2.32. The maximum Gasteiger partial charge on any atom is 0.408 e. The summed E-state index contributed by atoms with van der Waals surface area (Å²) in [7, 11) is 0. The van der Waals surface area contributed by atoms with E-state index in [-0.39, 0.29) is 18.0 Å². The van der Waals surface area contributed by atoms with Crippen LogP contribution in [0.4, 0.5) is 4.79 Å². The number of imidazole rings is 2. The average Bonchev–Trinajstić information content (AvgIpc) is 3.55. The van der Waals surface area contributed by atoms with Crippen LogP contribution in [0.25, 0.3) is 33.6 Å². The van der Waals surface area contributed by atoms with Gasteiger partial charge < -0.3 is 25.3 Å². The Bertz CT molecular complexity index is 1410. The van der Waals surface area contributed by atoms with Gasteiger partial charge in [-0.2, -0.15) is 0 Å². The molecule has 4 aromatic rings. The van der Waals surface area contributed by atoms with Crippen molar-refractivity contribution in [3.63, 3.8) is 0 Å². The van der Waals surface area contributed by atoms with Gasteiger partial charge >= 0.3 is 6.09 Å². The molecule has 2 amide bonds. The third-order valence-corrected chi connectivity index (χ3v) is 6.12. The molecule has 0 saturated heterocycles. The van der Waals surface area contributed by atoms with Crippen molar-refractivity contribution in [1.29, 1.82) is 0 Å². The second kappa shape index (κ2) is 11.1. The number of nitrogens with zero attached hydrogens (tertiary/aromatic N) is 2. The number of ether oxygens (including phenoxy) is 1. The summed E-state index contributed by atoms with van der Waals surface area (Å²) in [5.74, 6) is 1.38. The van der Waals surface area contributed by atoms with Crippen molar-refractivity contribution in [3.8, 4) is 33.6 Å². The molecule has 0 saturated carbocycles. The first-order chi connectivity index (χ1) is 18.4. The van der Waals surface area contributed by atoms with Crippen molar-refractivity contribution >= 4 is 12.5 Å². The smallest absolute Gasteiger partial charge is 0.408 e. The number of nitrogens with one attached hydrogen (secondary N) is 4. The minimum absolute atomic E-state index is 0.180. The third-order valence-electron chi connectivity index (χ3n) is 6.12. The van der Waals surface area contributed by atoms with Crippen molar-refractivity contribution in [1.82, 2.24) is 30.6 Å². The van der Waals surface area contributed by atoms with E-state index in [0.29, 0.717) is 12.2 Å². The molecule has 2 heterocycles. The molecule has 2 aromatic heterocycles. The molecule has 1 atom stereocenters. The fourth-order valence-electron chi connectivity index (χ4n) is 4.19. The van der Waals surface area contributed by atoms with Crippen molar-refractivity contribution in [2.24, 2.45) is 5.41 Å². The van der Waals surface area contributed by atoms with Gasteiger partial charge in [0.15, 0.2) is 0 Å². The molecule has 4 rings (SSSR count). The molecule has 0 aliphatic rings. The zero-order valence-electron chi connectivity index (χ0n) is 23.3. The van der Waals surface area contributed by atoms with Gasteiger partial charge in [0.2, 0.25) is 6.41 Å². The number of carbonyl (C=O) groups is 2. The van der Waals surface area contributed by atoms with Crippen molar-refractivity contribution in [3.05, 3.63) is 72.6 Å². The van der Waals surface area contributed by atoms with Crippen LogP contribution >= 0.6 is 0 Å². The van der Waals surface area contributed by atoms with Crippen LogP contribution in [0.2, 0.25) is 0 Å². The van der Waals surface area contributed by atoms with Gasteiger partial charge in [0.1, 0.15) is 17.2 Å². The highest BCUT2D eigenvalue weighted by atomic mass is 16.6. The van der Waals surface area contributed by atoms with Gasteiger partial charge in [-0.25, -0.2) is 14.8 Å². The predicted octanol–water partition coefficient (Wildman–Crippen LogP) is 5.99. The molecule has 9 nitrogen and oxygen atoms in total. The Morgan fingerprint density at radius 2 is 1.36 bits per heavy atom. The molecular formula is C30H36N6O3. The van der Waals surface area contributed by atoms with Crippen LogP contribution in [0.15, 0.2) is 60.9 Å².